The first-order chi connectivity index (χ1) is 7.06. The Kier molecular flexibility index (Phi) is 2.44. The Balaban J connectivity index is 2.15. The molecule has 1 heterocycles. The summed E-state index contributed by atoms with van der Waals surface area (Å²) < 4.78 is 0. The topological polar surface area (TPSA) is 57.6 Å². The molecule has 15 heavy (non-hydrogen) atoms. The Morgan fingerprint density at radius 3 is 2.40 bits per heavy atom. The maximum Gasteiger partial charge on any atom is 0.311 e. The summed E-state index contributed by atoms with van der Waals surface area (Å²) in [5.74, 6) is -0.423. The molecule has 1 aliphatic carbocycles. The Morgan fingerprint density at radius 2 is 2.07 bits per heavy atom. The van der Waals surface area contributed by atoms with Gasteiger partial charge in [0.05, 0.1) is 5.41 Å². The molecule has 0 aromatic carbocycles. The highest BCUT2D eigenvalue weighted by Crippen LogP contribution is 2.47. The molecule has 2 fully saturated rings. The highest BCUT2D eigenvalue weighted by molar-refractivity contribution is 5.79. The van der Waals surface area contributed by atoms with Crippen LogP contribution in [0.4, 0.5) is 0 Å². The van der Waals surface area contributed by atoms with Crippen molar-refractivity contribution in [1.82, 2.24) is 4.90 Å². The first-order valence-corrected chi connectivity index (χ1v) is 5.55. The van der Waals surface area contributed by atoms with Crippen LogP contribution in [-0.4, -0.2) is 35.0 Å². The third-order valence-electron chi connectivity index (χ3n) is 4.06. The average Bonchev–Trinajstić information content (AvgIpc) is 2.47. The molecule has 4 nitrogen and oxygen atoms in total. The number of carbonyl (C=O) groups is 2. The predicted octanol–water partition coefficient (Wildman–Crippen LogP) is 1.11. The molecule has 0 bridgehead atoms. The zero-order valence-corrected chi connectivity index (χ0v) is 9.03. The molecule has 2 aliphatic rings. The summed E-state index contributed by atoms with van der Waals surface area (Å²) in [5, 5.41) is 9.36. The van der Waals surface area contributed by atoms with Crippen LogP contribution in [0.1, 0.15) is 32.6 Å². The molecule has 2 rings (SSSR count). The summed E-state index contributed by atoms with van der Waals surface area (Å²) in [6, 6.07) is 0. The van der Waals surface area contributed by atoms with E-state index in [0.717, 1.165) is 19.3 Å². The van der Waals surface area contributed by atoms with Crippen LogP contribution in [0.15, 0.2) is 0 Å². The van der Waals surface area contributed by atoms with Gasteiger partial charge in [-0.3, -0.25) is 9.59 Å². The van der Waals surface area contributed by atoms with Crippen molar-refractivity contribution in [2.24, 2.45) is 11.3 Å². The zero-order valence-electron chi connectivity index (χ0n) is 9.03. The second-order valence-electron chi connectivity index (χ2n) is 4.78. The standard InChI is InChI=1S/C11H17NO3/c1-8(13)12-6-5-11(7-12,10(14)15)9-3-2-4-9/h9H,2-7H2,1H3,(H,14,15). The van der Waals surface area contributed by atoms with Crippen molar-refractivity contribution in [1.29, 1.82) is 0 Å². The summed E-state index contributed by atoms with van der Waals surface area (Å²) in [7, 11) is 0. The first kappa shape index (κ1) is 10.5. The van der Waals surface area contributed by atoms with Crippen LogP contribution in [0, 0.1) is 11.3 Å². The van der Waals surface area contributed by atoms with Crippen molar-refractivity contribution in [2.75, 3.05) is 13.1 Å². The number of hydrogen-bond donors (Lipinski definition) is 1. The van der Waals surface area contributed by atoms with Crippen LogP contribution in [0.25, 0.3) is 0 Å². The molecule has 0 aromatic rings. The van der Waals surface area contributed by atoms with E-state index in [9.17, 15) is 14.7 Å². The molecule has 0 aromatic heterocycles. The molecule has 1 saturated heterocycles. The van der Waals surface area contributed by atoms with Gasteiger partial charge in [0.25, 0.3) is 0 Å². The number of aliphatic carboxylic acids is 1. The van der Waals surface area contributed by atoms with Gasteiger partial charge in [0.15, 0.2) is 0 Å². The summed E-state index contributed by atoms with van der Waals surface area (Å²) >= 11 is 0. The van der Waals surface area contributed by atoms with Gasteiger partial charge in [-0.15, -0.1) is 0 Å². The van der Waals surface area contributed by atoms with Gasteiger partial charge in [0, 0.05) is 20.0 Å². The molecular weight excluding hydrogens is 194 g/mol. The van der Waals surface area contributed by atoms with Gasteiger partial charge in [-0.25, -0.2) is 0 Å². The second-order valence-corrected chi connectivity index (χ2v) is 4.78. The van der Waals surface area contributed by atoms with E-state index in [1.54, 1.807) is 4.90 Å². The van der Waals surface area contributed by atoms with Gasteiger partial charge in [-0.2, -0.15) is 0 Å². The molecule has 0 spiro atoms. The molecular formula is C11H17NO3. The van der Waals surface area contributed by atoms with Crippen LogP contribution in [-0.2, 0) is 9.59 Å². The minimum atomic E-state index is -0.712. The number of carbonyl (C=O) groups excluding carboxylic acids is 1. The van der Waals surface area contributed by atoms with Gasteiger partial charge in [-0.05, 0) is 25.2 Å². The monoisotopic (exact) mass is 211 g/mol. The van der Waals surface area contributed by atoms with Gasteiger partial charge in [0.2, 0.25) is 5.91 Å². The SMILES string of the molecule is CC(=O)N1CCC(C(=O)O)(C2CCC2)C1. The fourth-order valence-corrected chi connectivity index (χ4v) is 2.75. The third kappa shape index (κ3) is 1.52. The van der Waals surface area contributed by atoms with Crippen molar-refractivity contribution >= 4 is 11.9 Å². The van der Waals surface area contributed by atoms with E-state index in [1.807, 2.05) is 0 Å². The summed E-state index contributed by atoms with van der Waals surface area (Å²) in [6.07, 6.45) is 3.79. The Hall–Kier alpha value is -1.06. The van der Waals surface area contributed by atoms with Gasteiger partial charge in [-0.1, -0.05) is 6.42 Å². The van der Waals surface area contributed by atoms with E-state index < -0.39 is 11.4 Å². The van der Waals surface area contributed by atoms with Crippen molar-refractivity contribution in [3.63, 3.8) is 0 Å². The lowest BCUT2D eigenvalue weighted by Crippen LogP contribution is -2.44. The van der Waals surface area contributed by atoms with Gasteiger partial charge in [0.1, 0.15) is 0 Å². The molecule has 1 amide bonds. The van der Waals surface area contributed by atoms with Crippen molar-refractivity contribution in [3.8, 4) is 0 Å². The molecule has 4 heteroatoms. The summed E-state index contributed by atoms with van der Waals surface area (Å²) in [4.78, 5) is 24.3. The van der Waals surface area contributed by atoms with Crippen LogP contribution < -0.4 is 0 Å². The van der Waals surface area contributed by atoms with Crippen LogP contribution >= 0.6 is 0 Å². The first-order valence-electron chi connectivity index (χ1n) is 5.55. The Labute approximate surface area is 89.3 Å². The second kappa shape index (κ2) is 3.51. The van der Waals surface area contributed by atoms with Crippen molar-refractivity contribution < 1.29 is 14.7 Å². The van der Waals surface area contributed by atoms with Crippen molar-refractivity contribution in [2.45, 2.75) is 32.6 Å². The van der Waals surface area contributed by atoms with E-state index in [2.05, 4.69) is 0 Å². The lowest BCUT2D eigenvalue weighted by molar-refractivity contribution is -0.154. The lowest BCUT2D eigenvalue weighted by atomic mass is 9.64. The quantitative estimate of drug-likeness (QED) is 0.744. The minimum absolute atomic E-state index is 0.00236. The average molecular weight is 211 g/mol. The molecule has 0 radical (unpaired) electrons. The number of hydrogen-bond acceptors (Lipinski definition) is 2. The molecule has 1 unspecified atom stereocenters. The fourth-order valence-electron chi connectivity index (χ4n) is 2.75. The molecule has 1 aliphatic heterocycles. The normalized spacial score (nSPS) is 31.4. The lowest BCUT2D eigenvalue weighted by Gasteiger charge is -2.39. The molecule has 1 N–H and O–H groups in total. The molecule has 1 saturated carbocycles. The summed E-state index contributed by atoms with van der Waals surface area (Å²) in [5.41, 5.74) is -0.635. The molecule has 1 atom stereocenters. The number of carboxylic acids is 1. The highest BCUT2D eigenvalue weighted by Gasteiger charge is 2.52. The van der Waals surface area contributed by atoms with Crippen molar-refractivity contribution in [3.05, 3.63) is 0 Å². The number of amides is 1. The maximum atomic E-state index is 11.4. The predicted molar refractivity (Wildman–Crippen MR) is 54.3 cm³/mol. The number of nitrogens with zero attached hydrogens (tertiary/aromatic N) is 1. The number of likely N-dealkylation sites (tertiary alicyclic amines) is 1. The van der Waals surface area contributed by atoms with Gasteiger partial charge >= 0.3 is 5.97 Å². The molecule has 84 valence electrons. The minimum Gasteiger partial charge on any atom is -0.481 e. The fraction of sp³-hybridized carbons (Fsp3) is 0.818. The van der Waals surface area contributed by atoms with Gasteiger partial charge < -0.3 is 10.0 Å². The Bertz CT molecular complexity index is 298. The Morgan fingerprint density at radius 1 is 1.40 bits per heavy atom. The number of rotatable bonds is 2. The van der Waals surface area contributed by atoms with Crippen LogP contribution in [0.3, 0.4) is 0 Å². The number of carboxylic acid groups (broad SMARTS) is 1. The van der Waals surface area contributed by atoms with E-state index in [0.29, 0.717) is 25.4 Å². The van der Waals surface area contributed by atoms with E-state index >= 15 is 0 Å². The smallest absolute Gasteiger partial charge is 0.311 e. The van der Waals surface area contributed by atoms with E-state index in [-0.39, 0.29) is 5.91 Å². The van der Waals surface area contributed by atoms with E-state index in [1.165, 1.54) is 6.92 Å². The summed E-state index contributed by atoms with van der Waals surface area (Å²) in [6.45, 7) is 2.54. The maximum absolute atomic E-state index is 11.4. The van der Waals surface area contributed by atoms with Crippen LogP contribution in [0.5, 0.6) is 0 Å². The third-order valence-corrected chi connectivity index (χ3v) is 4.06. The van der Waals surface area contributed by atoms with Crippen LogP contribution in [0.2, 0.25) is 0 Å². The zero-order chi connectivity index (χ0) is 11.1. The van der Waals surface area contributed by atoms with E-state index in [4.69, 9.17) is 0 Å². The highest BCUT2D eigenvalue weighted by atomic mass is 16.4. The largest absolute Gasteiger partial charge is 0.481 e.